The van der Waals surface area contributed by atoms with E-state index in [1.165, 1.54) is 18.3 Å². The van der Waals surface area contributed by atoms with E-state index in [0.717, 1.165) is 18.0 Å². The zero-order chi connectivity index (χ0) is 11.7. The maximum Gasteiger partial charge on any atom is 0.0514 e. The molecule has 2 nitrogen and oxygen atoms in total. The van der Waals surface area contributed by atoms with E-state index in [2.05, 4.69) is 24.8 Å². The molecule has 0 unspecified atom stereocenters. The Morgan fingerprint density at radius 3 is 2.69 bits per heavy atom. The maximum absolute atomic E-state index is 7.21. The lowest BCUT2D eigenvalue weighted by Crippen LogP contribution is -2.28. The zero-order valence-corrected chi connectivity index (χ0v) is 10.5. The van der Waals surface area contributed by atoms with Gasteiger partial charge in [0.15, 0.2) is 0 Å². The Balaban J connectivity index is 2.28. The van der Waals surface area contributed by atoms with Crippen molar-refractivity contribution in [3.63, 3.8) is 0 Å². The van der Waals surface area contributed by atoms with Gasteiger partial charge in [-0.15, -0.1) is 0 Å². The summed E-state index contributed by atoms with van der Waals surface area (Å²) in [7, 11) is 0. The van der Waals surface area contributed by atoms with Gasteiger partial charge in [-0.05, 0) is 37.5 Å². The molecule has 3 heteroatoms. The van der Waals surface area contributed by atoms with E-state index in [1.807, 2.05) is 12.1 Å². The monoisotopic (exact) mass is 236 g/mol. The average molecular weight is 237 g/mol. The van der Waals surface area contributed by atoms with Crippen LogP contribution in [0.25, 0.3) is 0 Å². The van der Waals surface area contributed by atoms with Gasteiger partial charge in [0.1, 0.15) is 0 Å². The molecule has 2 atom stereocenters. The molecule has 86 valence electrons. The highest BCUT2D eigenvalue weighted by Gasteiger charge is 2.27. The summed E-state index contributed by atoms with van der Waals surface area (Å²) < 4.78 is 0. The van der Waals surface area contributed by atoms with Crippen molar-refractivity contribution in [2.75, 3.05) is 11.4 Å². The van der Waals surface area contributed by atoms with Gasteiger partial charge in [0, 0.05) is 30.1 Å². The summed E-state index contributed by atoms with van der Waals surface area (Å²) in [5.74, 6) is 0.737. The van der Waals surface area contributed by atoms with E-state index < -0.39 is 0 Å². The van der Waals surface area contributed by atoms with Crippen molar-refractivity contribution < 1.29 is 0 Å². The lowest BCUT2D eigenvalue weighted by molar-refractivity contribution is 0.546. The van der Waals surface area contributed by atoms with Crippen LogP contribution in [0.15, 0.2) is 18.2 Å². The minimum atomic E-state index is 0.571. The molecule has 2 rings (SSSR count). The Kier molecular flexibility index (Phi) is 3.20. The third-order valence-electron chi connectivity index (χ3n) is 3.61. The molecule has 0 radical (unpaired) electrons. The molecule has 0 bridgehead atoms. The Morgan fingerprint density at radius 2 is 2.19 bits per heavy atom. The molecule has 1 aliphatic heterocycles. The second-order valence-electron chi connectivity index (χ2n) is 4.55. The molecule has 0 saturated carbocycles. The Labute approximate surface area is 102 Å². The first kappa shape index (κ1) is 11.5. The summed E-state index contributed by atoms with van der Waals surface area (Å²) in [4.78, 5) is 2.39. The van der Waals surface area contributed by atoms with Crippen molar-refractivity contribution in [1.29, 1.82) is 5.41 Å². The Morgan fingerprint density at radius 1 is 1.44 bits per heavy atom. The summed E-state index contributed by atoms with van der Waals surface area (Å²) in [6.07, 6.45) is 2.53. The number of nitrogens with zero attached hydrogens (tertiary/aromatic N) is 1. The van der Waals surface area contributed by atoms with Gasteiger partial charge in [-0.3, -0.25) is 0 Å². The van der Waals surface area contributed by atoms with Crippen molar-refractivity contribution in [3.8, 4) is 0 Å². The van der Waals surface area contributed by atoms with Crippen LogP contribution in [0.3, 0.4) is 0 Å². The molecule has 1 N–H and O–H groups in total. The third-order valence-corrected chi connectivity index (χ3v) is 3.94. The van der Waals surface area contributed by atoms with Gasteiger partial charge in [0.05, 0.1) is 5.02 Å². The molecule has 0 aliphatic carbocycles. The maximum atomic E-state index is 7.21. The molecule has 16 heavy (non-hydrogen) atoms. The van der Waals surface area contributed by atoms with Gasteiger partial charge < -0.3 is 10.3 Å². The Hall–Kier alpha value is -1.02. The highest BCUT2D eigenvalue weighted by atomic mass is 35.5. The number of anilines is 1. The molecule has 1 aromatic carbocycles. The fourth-order valence-electron chi connectivity index (χ4n) is 2.27. The number of benzene rings is 1. The summed E-state index contributed by atoms with van der Waals surface area (Å²) in [6, 6.07) is 6.51. The smallest absolute Gasteiger partial charge is 0.0514 e. The van der Waals surface area contributed by atoms with Gasteiger partial charge in [0.2, 0.25) is 0 Å². The number of hydrogen-bond donors (Lipinski definition) is 1. The first-order valence-corrected chi connectivity index (χ1v) is 6.08. The molecule has 0 amide bonds. The topological polar surface area (TPSA) is 27.1 Å². The zero-order valence-electron chi connectivity index (χ0n) is 9.70. The second kappa shape index (κ2) is 4.46. The quantitative estimate of drug-likeness (QED) is 0.781. The highest BCUT2D eigenvalue weighted by molar-refractivity contribution is 6.33. The van der Waals surface area contributed by atoms with E-state index in [1.54, 1.807) is 0 Å². The summed E-state index contributed by atoms with van der Waals surface area (Å²) in [5, 5.41) is 7.88. The van der Waals surface area contributed by atoms with E-state index >= 15 is 0 Å². The van der Waals surface area contributed by atoms with E-state index in [9.17, 15) is 0 Å². The fourth-order valence-corrected chi connectivity index (χ4v) is 2.50. The summed E-state index contributed by atoms with van der Waals surface area (Å²) in [6.45, 7) is 5.65. The van der Waals surface area contributed by atoms with Crippen LogP contribution in [0.4, 0.5) is 5.69 Å². The number of nitrogens with one attached hydrogen (secondary N) is 1. The van der Waals surface area contributed by atoms with Crippen LogP contribution in [0.1, 0.15) is 25.8 Å². The summed E-state index contributed by atoms with van der Waals surface area (Å²) >= 11 is 6.11. The van der Waals surface area contributed by atoms with Crippen LogP contribution in [0, 0.1) is 11.3 Å². The van der Waals surface area contributed by atoms with E-state index in [-0.39, 0.29) is 0 Å². The van der Waals surface area contributed by atoms with E-state index in [4.69, 9.17) is 17.0 Å². The van der Waals surface area contributed by atoms with Crippen LogP contribution in [0.2, 0.25) is 5.02 Å². The molecular weight excluding hydrogens is 220 g/mol. The van der Waals surface area contributed by atoms with Crippen LogP contribution in [-0.4, -0.2) is 18.8 Å². The van der Waals surface area contributed by atoms with Gasteiger partial charge in [0.25, 0.3) is 0 Å². The lowest BCUT2D eigenvalue weighted by atomic mass is 10.0. The Bertz CT molecular complexity index is 403. The van der Waals surface area contributed by atoms with Crippen molar-refractivity contribution in [1.82, 2.24) is 0 Å². The molecular formula is C13H17ClN2. The first-order chi connectivity index (χ1) is 7.63. The van der Waals surface area contributed by atoms with Crippen LogP contribution in [-0.2, 0) is 0 Å². The van der Waals surface area contributed by atoms with Crippen molar-refractivity contribution in [3.05, 3.63) is 28.8 Å². The lowest BCUT2D eigenvalue weighted by Gasteiger charge is -2.26. The van der Waals surface area contributed by atoms with Crippen LogP contribution < -0.4 is 4.90 Å². The van der Waals surface area contributed by atoms with Crippen molar-refractivity contribution >= 4 is 23.5 Å². The third kappa shape index (κ3) is 1.94. The van der Waals surface area contributed by atoms with Crippen LogP contribution in [0.5, 0.6) is 0 Å². The molecule has 1 heterocycles. The van der Waals surface area contributed by atoms with Gasteiger partial charge in [-0.2, -0.15) is 0 Å². The number of rotatable bonds is 2. The first-order valence-electron chi connectivity index (χ1n) is 5.70. The number of halogens is 1. The summed E-state index contributed by atoms with van der Waals surface area (Å²) in [5.41, 5.74) is 1.96. The largest absolute Gasteiger partial charge is 0.369 e. The minimum Gasteiger partial charge on any atom is -0.369 e. The standard InChI is InChI=1S/C13H17ClN2/c1-9-5-6-16(10(9)2)12-4-3-11(8-15)13(14)7-12/h3-4,7-10,15H,5-6H2,1-2H3/t9-,10+/m1/s1. The molecule has 0 spiro atoms. The normalized spacial score (nSPS) is 24.8. The van der Waals surface area contributed by atoms with Gasteiger partial charge >= 0.3 is 0 Å². The van der Waals surface area contributed by atoms with Gasteiger partial charge in [-0.1, -0.05) is 18.5 Å². The molecule has 0 aromatic heterocycles. The molecule has 1 fully saturated rings. The van der Waals surface area contributed by atoms with E-state index in [0.29, 0.717) is 11.1 Å². The highest BCUT2D eigenvalue weighted by Crippen LogP contribution is 2.31. The van der Waals surface area contributed by atoms with Crippen molar-refractivity contribution in [2.24, 2.45) is 5.92 Å². The minimum absolute atomic E-state index is 0.571. The molecule has 1 aromatic rings. The predicted octanol–water partition coefficient (Wildman–Crippen LogP) is 3.57. The average Bonchev–Trinajstić information content (AvgIpc) is 2.60. The second-order valence-corrected chi connectivity index (χ2v) is 4.96. The van der Waals surface area contributed by atoms with Gasteiger partial charge in [-0.25, -0.2) is 0 Å². The van der Waals surface area contributed by atoms with Crippen molar-refractivity contribution in [2.45, 2.75) is 26.3 Å². The molecule has 1 saturated heterocycles. The van der Waals surface area contributed by atoms with Crippen LogP contribution >= 0.6 is 11.6 Å². The molecule has 1 aliphatic rings. The predicted molar refractivity (Wildman–Crippen MR) is 69.9 cm³/mol. The fraction of sp³-hybridized carbons (Fsp3) is 0.462. The SMILES string of the molecule is C[C@@H]1CCN(c2ccc(C=N)c(Cl)c2)[C@H]1C. The number of hydrogen-bond acceptors (Lipinski definition) is 2.